The van der Waals surface area contributed by atoms with Gasteiger partial charge in [0, 0.05) is 28.9 Å². The highest BCUT2D eigenvalue weighted by atomic mass is 35.5. The SMILES string of the molecule is COc1cc(/C=N/c2nc(-c3ccc(NS(=O)(=O)c4ccc(Cl)c(OC)c4)cc3)cs2)ccc1O. The predicted molar refractivity (Wildman–Crippen MR) is 138 cm³/mol. The Morgan fingerprint density at radius 2 is 1.77 bits per heavy atom. The molecule has 4 aromatic rings. The number of thiazole rings is 1. The molecule has 0 bridgehead atoms. The number of ether oxygens (including phenoxy) is 2. The van der Waals surface area contributed by atoms with Gasteiger partial charge in [0.25, 0.3) is 10.0 Å². The third-order valence-corrected chi connectivity index (χ3v) is 7.33. The lowest BCUT2D eigenvalue weighted by Crippen LogP contribution is -2.13. The van der Waals surface area contributed by atoms with E-state index in [0.717, 1.165) is 11.1 Å². The number of aromatic hydroxyl groups is 1. The van der Waals surface area contributed by atoms with Crippen molar-refractivity contribution in [1.29, 1.82) is 0 Å². The Morgan fingerprint density at radius 3 is 2.49 bits per heavy atom. The summed E-state index contributed by atoms with van der Waals surface area (Å²) in [5, 5.41) is 12.4. The van der Waals surface area contributed by atoms with Crippen molar-refractivity contribution in [1.82, 2.24) is 4.98 Å². The number of phenols is 1. The number of aliphatic imine (C=N–C) groups is 1. The van der Waals surface area contributed by atoms with Gasteiger partial charge in [0.15, 0.2) is 11.5 Å². The molecule has 0 atom stereocenters. The van der Waals surface area contributed by atoms with Crippen LogP contribution in [0.25, 0.3) is 11.3 Å². The number of phenolic OH excluding ortho intramolecular Hbond substituents is 1. The summed E-state index contributed by atoms with van der Waals surface area (Å²) in [6.45, 7) is 0. The maximum atomic E-state index is 12.7. The Hall–Kier alpha value is -3.60. The molecule has 4 rings (SSSR count). The Kier molecular flexibility index (Phi) is 7.25. The molecule has 3 aromatic carbocycles. The van der Waals surface area contributed by atoms with E-state index < -0.39 is 10.0 Å². The van der Waals surface area contributed by atoms with E-state index in [4.69, 9.17) is 21.1 Å². The zero-order valence-corrected chi connectivity index (χ0v) is 21.0. The van der Waals surface area contributed by atoms with Gasteiger partial charge in [-0.2, -0.15) is 0 Å². The fraction of sp³-hybridized carbons (Fsp3) is 0.0833. The molecule has 1 aromatic heterocycles. The van der Waals surface area contributed by atoms with Gasteiger partial charge in [-0.1, -0.05) is 23.7 Å². The number of sulfonamides is 1. The second-order valence-electron chi connectivity index (χ2n) is 7.18. The molecular weight excluding hydrogens is 510 g/mol. The van der Waals surface area contributed by atoms with Crippen LogP contribution in [0.15, 0.2) is 75.9 Å². The Labute approximate surface area is 211 Å². The van der Waals surface area contributed by atoms with E-state index in [1.165, 1.54) is 49.8 Å². The fourth-order valence-corrected chi connectivity index (χ4v) is 5.03. The predicted octanol–water partition coefficient (Wildman–Crippen LogP) is 5.74. The first-order valence-electron chi connectivity index (χ1n) is 10.1. The lowest BCUT2D eigenvalue weighted by molar-refractivity contribution is 0.373. The number of aromatic nitrogens is 1. The quantitative estimate of drug-likeness (QED) is 0.282. The molecule has 0 spiro atoms. The molecule has 8 nitrogen and oxygen atoms in total. The van der Waals surface area contributed by atoms with Crippen molar-refractivity contribution in [3.8, 4) is 28.5 Å². The summed E-state index contributed by atoms with van der Waals surface area (Å²) in [5.74, 6) is 0.691. The number of hydrogen-bond acceptors (Lipinski definition) is 8. The summed E-state index contributed by atoms with van der Waals surface area (Å²) in [7, 11) is -0.923. The Morgan fingerprint density at radius 1 is 1.03 bits per heavy atom. The molecule has 180 valence electrons. The highest BCUT2D eigenvalue weighted by molar-refractivity contribution is 7.92. The fourth-order valence-electron chi connectivity index (χ4n) is 3.09. The average Bonchev–Trinajstić information content (AvgIpc) is 3.33. The maximum absolute atomic E-state index is 12.7. The van der Waals surface area contributed by atoms with Crippen LogP contribution < -0.4 is 14.2 Å². The van der Waals surface area contributed by atoms with E-state index in [2.05, 4.69) is 14.7 Å². The third-order valence-electron chi connectivity index (χ3n) is 4.89. The van der Waals surface area contributed by atoms with Crippen LogP contribution >= 0.6 is 22.9 Å². The van der Waals surface area contributed by atoms with E-state index in [-0.39, 0.29) is 16.4 Å². The number of hydrogen-bond donors (Lipinski definition) is 2. The van der Waals surface area contributed by atoms with E-state index in [9.17, 15) is 13.5 Å². The van der Waals surface area contributed by atoms with Crippen molar-refractivity contribution < 1.29 is 23.0 Å². The minimum atomic E-state index is -3.82. The summed E-state index contributed by atoms with van der Waals surface area (Å²) in [6.07, 6.45) is 1.63. The molecule has 0 aliphatic rings. The zero-order chi connectivity index (χ0) is 25.0. The molecule has 11 heteroatoms. The molecule has 0 amide bonds. The first kappa shape index (κ1) is 24.5. The topological polar surface area (TPSA) is 110 Å². The van der Waals surface area contributed by atoms with Crippen LogP contribution in [0.4, 0.5) is 10.8 Å². The van der Waals surface area contributed by atoms with Crippen LogP contribution in [-0.4, -0.2) is 38.9 Å². The van der Waals surface area contributed by atoms with Crippen LogP contribution in [0.3, 0.4) is 0 Å². The highest BCUT2D eigenvalue weighted by Gasteiger charge is 2.17. The monoisotopic (exact) mass is 529 g/mol. The van der Waals surface area contributed by atoms with Gasteiger partial charge in [-0.25, -0.2) is 18.4 Å². The summed E-state index contributed by atoms with van der Waals surface area (Å²) in [5.41, 5.74) is 2.68. The number of nitrogens with one attached hydrogen (secondary N) is 1. The number of methoxy groups -OCH3 is 2. The Bertz CT molecular complexity index is 1490. The lowest BCUT2D eigenvalue weighted by atomic mass is 10.1. The van der Waals surface area contributed by atoms with Crippen molar-refractivity contribution in [2.45, 2.75) is 4.90 Å². The largest absolute Gasteiger partial charge is 0.504 e. The second kappa shape index (κ2) is 10.3. The van der Waals surface area contributed by atoms with E-state index in [1.807, 2.05) is 5.38 Å². The molecule has 0 aliphatic heterocycles. The molecule has 0 fully saturated rings. The van der Waals surface area contributed by atoms with Gasteiger partial charge in [-0.15, -0.1) is 11.3 Å². The average molecular weight is 530 g/mol. The lowest BCUT2D eigenvalue weighted by Gasteiger charge is -2.10. The molecule has 35 heavy (non-hydrogen) atoms. The molecule has 2 N–H and O–H groups in total. The third kappa shape index (κ3) is 5.73. The van der Waals surface area contributed by atoms with Crippen molar-refractivity contribution in [2.24, 2.45) is 4.99 Å². The smallest absolute Gasteiger partial charge is 0.262 e. The van der Waals surface area contributed by atoms with E-state index >= 15 is 0 Å². The van der Waals surface area contributed by atoms with E-state index in [1.54, 1.807) is 42.6 Å². The van der Waals surface area contributed by atoms with Gasteiger partial charge in [-0.05, 0) is 48.0 Å². The zero-order valence-electron chi connectivity index (χ0n) is 18.6. The van der Waals surface area contributed by atoms with Crippen molar-refractivity contribution in [2.75, 3.05) is 18.9 Å². The number of rotatable bonds is 8. The first-order chi connectivity index (χ1) is 16.8. The number of halogens is 1. The molecule has 1 heterocycles. The van der Waals surface area contributed by atoms with Gasteiger partial charge in [-0.3, -0.25) is 4.72 Å². The summed E-state index contributed by atoms with van der Waals surface area (Å²) in [4.78, 5) is 8.93. The van der Waals surface area contributed by atoms with Crippen molar-refractivity contribution >= 4 is 50.0 Å². The maximum Gasteiger partial charge on any atom is 0.262 e. The highest BCUT2D eigenvalue weighted by Crippen LogP contribution is 2.30. The summed E-state index contributed by atoms with van der Waals surface area (Å²) >= 11 is 7.35. The van der Waals surface area contributed by atoms with Gasteiger partial charge in [0.05, 0.1) is 29.8 Å². The minimum Gasteiger partial charge on any atom is -0.504 e. The molecule has 0 saturated heterocycles. The summed E-state index contributed by atoms with van der Waals surface area (Å²) < 4.78 is 38.2. The normalized spacial score (nSPS) is 11.5. The van der Waals surface area contributed by atoms with Crippen molar-refractivity contribution in [3.63, 3.8) is 0 Å². The molecular formula is C24H20ClN3O5S2. The van der Waals surface area contributed by atoms with Gasteiger partial charge >= 0.3 is 0 Å². The van der Waals surface area contributed by atoms with Crippen LogP contribution in [0, 0.1) is 0 Å². The number of nitrogens with zero attached hydrogens (tertiary/aromatic N) is 2. The van der Waals surface area contributed by atoms with Crippen molar-refractivity contribution in [3.05, 3.63) is 76.6 Å². The van der Waals surface area contributed by atoms with Crippen LogP contribution in [0.1, 0.15) is 5.56 Å². The summed E-state index contributed by atoms with van der Waals surface area (Å²) in [6, 6.07) is 16.0. The van der Waals surface area contributed by atoms with Gasteiger partial charge in [0.1, 0.15) is 5.75 Å². The van der Waals surface area contributed by atoms with Crippen LogP contribution in [0.2, 0.25) is 5.02 Å². The minimum absolute atomic E-state index is 0.0380. The van der Waals surface area contributed by atoms with E-state index in [0.29, 0.717) is 27.3 Å². The molecule has 0 unspecified atom stereocenters. The van der Waals surface area contributed by atoms with Crippen LogP contribution in [-0.2, 0) is 10.0 Å². The van der Waals surface area contributed by atoms with Gasteiger partial charge < -0.3 is 14.6 Å². The number of anilines is 1. The Balaban J connectivity index is 1.47. The number of benzene rings is 3. The van der Waals surface area contributed by atoms with Gasteiger partial charge in [0.2, 0.25) is 5.13 Å². The standard InChI is InChI=1S/C24H20ClN3O5S2/c1-32-22-12-18(8-9-19(22)25)35(30,31)28-17-6-4-16(5-7-17)20-14-34-24(27-20)26-13-15-3-10-21(29)23(11-15)33-2/h3-14,28-29H,1-2H3/b26-13+. The van der Waals surface area contributed by atoms with Crippen LogP contribution in [0.5, 0.6) is 17.2 Å². The molecule has 0 saturated carbocycles. The molecule has 0 radical (unpaired) electrons. The first-order valence-corrected chi connectivity index (χ1v) is 12.9. The second-order valence-corrected chi connectivity index (χ2v) is 10.1. The molecule has 0 aliphatic carbocycles.